The molecule has 0 heterocycles. The summed E-state index contributed by atoms with van der Waals surface area (Å²) in [4.78, 5) is 0. The molecule has 2 N–H and O–H groups in total. The average Bonchev–Trinajstić information content (AvgIpc) is 2.48. The molecular weight excluding hydrogens is 250 g/mol. The van der Waals surface area contributed by atoms with Gasteiger partial charge in [0.1, 0.15) is 17.9 Å². The average molecular weight is 263 g/mol. The molecule has 0 amide bonds. The number of nitrogen functional groups attached to an aromatic ring is 1. The third-order valence-corrected chi connectivity index (χ3v) is 3.18. The number of nitrogens with two attached hydrogens (primary N) is 1. The summed E-state index contributed by atoms with van der Waals surface area (Å²) in [5.74, 6) is 0.742. The van der Waals surface area contributed by atoms with Crippen LogP contribution in [0, 0.1) is 29.6 Å². The molecule has 0 fully saturated rings. The van der Waals surface area contributed by atoms with E-state index in [0.717, 1.165) is 22.4 Å². The van der Waals surface area contributed by atoms with E-state index in [4.69, 9.17) is 15.7 Å². The summed E-state index contributed by atoms with van der Waals surface area (Å²) in [6.45, 7) is 1.86. The lowest BCUT2D eigenvalue weighted by Gasteiger charge is -2.12. The standard InChI is InChI=1S/C16H13N3O/c1-10-7-12(8-17)16(19)14(9-18)15(10)11-3-5-13(20-2)6-4-11/h3-7H,19H2,1-2H3. The molecule has 0 aliphatic heterocycles. The van der Waals surface area contributed by atoms with Gasteiger partial charge in [0.2, 0.25) is 0 Å². The molecule has 0 aromatic heterocycles. The van der Waals surface area contributed by atoms with Crippen molar-refractivity contribution in [2.24, 2.45) is 0 Å². The molecule has 0 saturated carbocycles. The van der Waals surface area contributed by atoms with Crippen LogP contribution in [0.3, 0.4) is 0 Å². The minimum Gasteiger partial charge on any atom is -0.497 e. The quantitative estimate of drug-likeness (QED) is 0.844. The molecule has 0 aliphatic rings. The number of hydrogen-bond donors (Lipinski definition) is 1. The highest BCUT2D eigenvalue weighted by atomic mass is 16.5. The normalized spacial score (nSPS) is 9.60. The van der Waals surface area contributed by atoms with E-state index in [2.05, 4.69) is 6.07 Å². The number of aryl methyl sites for hydroxylation is 1. The second-order valence-electron chi connectivity index (χ2n) is 4.36. The molecule has 0 saturated heterocycles. The van der Waals surface area contributed by atoms with Crippen molar-refractivity contribution in [2.75, 3.05) is 12.8 Å². The van der Waals surface area contributed by atoms with Crippen molar-refractivity contribution in [2.45, 2.75) is 6.92 Å². The Morgan fingerprint density at radius 1 is 1.10 bits per heavy atom. The maximum atomic E-state index is 9.34. The fourth-order valence-corrected chi connectivity index (χ4v) is 2.17. The first-order valence-electron chi connectivity index (χ1n) is 6.00. The van der Waals surface area contributed by atoms with Gasteiger partial charge in [-0.25, -0.2) is 0 Å². The Morgan fingerprint density at radius 3 is 2.25 bits per heavy atom. The van der Waals surface area contributed by atoms with E-state index < -0.39 is 0 Å². The molecule has 0 aliphatic carbocycles. The van der Waals surface area contributed by atoms with Crippen molar-refractivity contribution < 1.29 is 4.74 Å². The Bertz CT molecular complexity index is 734. The van der Waals surface area contributed by atoms with Gasteiger partial charge in [-0.05, 0) is 36.2 Å². The topological polar surface area (TPSA) is 82.8 Å². The zero-order chi connectivity index (χ0) is 14.7. The molecule has 2 aromatic rings. The van der Waals surface area contributed by atoms with Gasteiger partial charge in [0.15, 0.2) is 0 Å². The van der Waals surface area contributed by atoms with Crippen LogP contribution in [0.15, 0.2) is 30.3 Å². The second kappa shape index (κ2) is 5.34. The minimum absolute atomic E-state index is 0.228. The highest BCUT2D eigenvalue weighted by molar-refractivity contribution is 5.82. The van der Waals surface area contributed by atoms with Crippen LogP contribution in [0.4, 0.5) is 5.69 Å². The first-order chi connectivity index (χ1) is 9.62. The maximum absolute atomic E-state index is 9.34. The van der Waals surface area contributed by atoms with Gasteiger partial charge in [-0.1, -0.05) is 12.1 Å². The fourth-order valence-electron chi connectivity index (χ4n) is 2.17. The fraction of sp³-hybridized carbons (Fsp3) is 0.125. The number of rotatable bonds is 2. The van der Waals surface area contributed by atoms with Gasteiger partial charge in [0.25, 0.3) is 0 Å². The molecule has 4 heteroatoms. The molecule has 0 unspecified atom stereocenters. The lowest BCUT2D eigenvalue weighted by atomic mass is 9.92. The van der Waals surface area contributed by atoms with Crippen LogP contribution in [0.2, 0.25) is 0 Å². The van der Waals surface area contributed by atoms with Gasteiger partial charge in [0, 0.05) is 5.56 Å². The number of anilines is 1. The molecule has 4 nitrogen and oxygen atoms in total. The van der Waals surface area contributed by atoms with E-state index in [-0.39, 0.29) is 5.69 Å². The van der Waals surface area contributed by atoms with Gasteiger partial charge < -0.3 is 10.5 Å². The van der Waals surface area contributed by atoms with E-state index in [0.29, 0.717) is 11.1 Å². The van der Waals surface area contributed by atoms with Crippen molar-refractivity contribution in [1.82, 2.24) is 0 Å². The Labute approximate surface area is 117 Å². The summed E-state index contributed by atoms with van der Waals surface area (Å²) in [6, 6.07) is 13.2. The number of nitriles is 2. The Morgan fingerprint density at radius 2 is 1.75 bits per heavy atom. The Balaban J connectivity index is 2.71. The first-order valence-corrected chi connectivity index (χ1v) is 6.00. The monoisotopic (exact) mass is 263 g/mol. The second-order valence-corrected chi connectivity index (χ2v) is 4.36. The van der Waals surface area contributed by atoms with Crippen LogP contribution in [-0.4, -0.2) is 7.11 Å². The molecule has 0 radical (unpaired) electrons. The lowest BCUT2D eigenvalue weighted by molar-refractivity contribution is 0.415. The SMILES string of the molecule is COc1ccc(-c2c(C)cc(C#N)c(N)c2C#N)cc1. The Hall–Kier alpha value is -2.98. The molecule has 2 rings (SSSR count). The van der Waals surface area contributed by atoms with Crippen molar-refractivity contribution >= 4 is 5.69 Å². The van der Waals surface area contributed by atoms with E-state index in [9.17, 15) is 5.26 Å². The summed E-state index contributed by atoms with van der Waals surface area (Å²) < 4.78 is 5.12. The van der Waals surface area contributed by atoms with E-state index in [1.54, 1.807) is 13.2 Å². The van der Waals surface area contributed by atoms with Gasteiger partial charge in [-0.2, -0.15) is 10.5 Å². The van der Waals surface area contributed by atoms with Gasteiger partial charge in [0.05, 0.1) is 23.9 Å². The van der Waals surface area contributed by atoms with E-state index in [1.807, 2.05) is 37.3 Å². The van der Waals surface area contributed by atoms with Crippen molar-refractivity contribution in [3.8, 4) is 29.0 Å². The number of benzene rings is 2. The lowest BCUT2D eigenvalue weighted by Crippen LogP contribution is -2.00. The summed E-state index contributed by atoms with van der Waals surface area (Å²) >= 11 is 0. The summed E-state index contributed by atoms with van der Waals surface area (Å²) in [6.07, 6.45) is 0. The Kier molecular flexibility index (Phi) is 3.59. The van der Waals surface area contributed by atoms with Gasteiger partial charge in [-0.15, -0.1) is 0 Å². The van der Waals surface area contributed by atoms with Crippen LogP contribution in [0.25, 0.3) is 11.1 Å². The zero-order valence-electron chi connectivity index (χ0n) is 11.3. The van der Waals surface area contributed by atoms with Crippen LogP contribution in [0.5, 0.6) is 5.75 Å². The highest BCUT2D eigenvalue weighted by Gasteiger charge is 2.15. The zero-order valence-corrected chi connectivity index (χ0v) is 11.3. The van der Waals surface area contributed by atoms with Crippen molar-refractivity contribution in [1.29, 1.82) is 10.5 Å². The number of nitrogens with zero attached hydrogens (tertiary/aromatic N) is 2. The third-order valence-electron chi connectivity index (χ3n) is 3.18. The van der Waals surface area contributed by atoms with Crippen LogP contribution in [-0.2, 0) is 0 Å². The van der Waals surface area contributed by atoms with E-state index >= 15 is 0 Å². The predicted molar refractivity (Wildman–Crippen MR) is 77.0 cm³/mol. The first kappa shape index (κ1) is 13.5. The van der Waals surface area contributed by atoms with Gasteiger partial charge >= 0.3 is 0 Å². The molecular formula is C16H13N3O. The maximum Gasteiger partial charge on any atom is 0.118 e. The van der Waals surface area contributed by atoms with Crippen molar-refractivity contribution in [3.63, 3.8) is 0 Å². The van der Waals surface area contributed by atoms with Gasteiger partial charge in [-0.3, -0.25) is 0 Å². The molecule has 0 spiro atoms. The molecule has 2 aromatic carbocycles. The van der Waals surface area contributed by atoms with E-state index in [1.165, 1.54) is 0 Å². The van der Waals surface area contributed by atoms with Crippen LogP contribution >= 0.6 is 0 Å². The van der Waals surface area contributed by atoms with Crippen LogP contribution in [0.1, 0.15) is 16.7 Å². The minimum atomic E-state index is 0.228. The van der Waals surface area contributed by atoms with Crippen LogP contribution < -0.4 is 10.5 Å². The largest absolute Gasteiger partial charge is 0.497 e. The summed E-state index contributed by atoms with van der Waals surface area (Å²) in [5, 5.41) is 18.4. The predicted octanol–water partition coefficient (Wildman–Crippen LogP) is 3.00. The molecule has 20 heavy (non-hydrogen) atoms. The summed E-state index contributed by atoms with van der Waals surface area (Å²) in [7, 11) is 1.60. The number of methoxy groups -OCH3 is 1. The number of ether oxygens (including phenoxy) is 1. The van der Waals surface area contributed by atoms with Crippen molar-refractivity contribution in [3.05, 3.63) is 47.0 Å². The third kappa shape index (κ3) is 2.15. The summed E-state index contributed by atoms with van der Waals surface area (Å²) in [5.41, 5.74) is 9.27. The number of hydrogen-bond acceptors (Lipinski definition) is 4. The molecule has 0 atom stereocenters. The highest BCUT2D eigenvalue weighted by Crippen LogP contribution is 2.33. The smallest absolute Gasteiger partial charge is 0.118 e. The molecule has 0 bridgehead atoms. The molecule has 98 valence electrons.